The third-order valence-corrected chi connectivity index (χ3v) is 4.09. The van der Waals surface area contributed by atoms with Gasteiger partial charge in [-0.05, 0) is 43.5 Å². The van der Waals surface area contributed by atoms with E-state index in [2.05, 4.69) is 13.2 Å². The second-order valence-electron chi connectivity index (χ2n) is 6.16. The molecule has 0 spiro atoms. The van der Waals surface area contributed by atoms with Gasteiger partial charge >= 0.3 is 5.63 Å². The van der Waals surface area contributed by atoms with Gasteiger partial charge in [0.05, 0.1) is 13.2 Å². The molecule has 1 aromatic heterocycles. The molecule has 2 atom stereocenters. The number of hydrogen-bond donors (Lipinski definition) is 2. The van der Waals surface area contributed by atoms with Crippen LogP contribution in [-0.4, -0.2) is 36.1 Å². The van der Waals surface area contributed by atoms with Gasteiger partial charge in [-0.15, -0.1) is 0 Å². The molecule has 0 aliphatic heterocycles. The second kappa shape index (κ2) is 8.69. The Labute approximate surface area is 152 Å². The normalized spacial score (nSPS) is 13.2. The molecule has 0 aliphatic rings. The molecule has 2 aromatic rings. The zero-order chi connectivity index (χ0) is 19.3. The van der Waals surface area contributed by atoms with E-state index >= 15 is 0 Å². The molecule has 0 radical (unpaired) electrons. The molecule has 0 saturated heterocycles. The summed E-state index contributed by atoms with van der Waals surface area (Å²) in [4.78, 5) is 11.5. The average molecular weight is 360 g/mol. The van der Waals surface area contributed by atoms with Gasteiger partial charge in [0.1, 0.15) is 12.7 Å². The summed E-state index contributed by atoms with van der Waals surface area (Å²) < 4.78 is 16.1. The topological polar surface area (TPSA) is 89.1 Å². The number of benzene rings is 1. The Kier molecular flexibility index (Phi) is 6.60. The van der Waals surface area contributed by atoms with E-state index < -0.39 is 17.8 Å². The van der Waals surface area contributed by atoms with E-state index in [4.69, 9.17) is 13.9 Å². The van der Waals surface area contributed by atoms with Gasteiger partial charge in [0.2, 0.25) is 5.75 Å². The highest BCUT2D eigenvalue weighted by Gasteiger charge is 2.16. The fourth-order valence-electron chi connectivity index (χ4n) is 2.42. The lowest BCUT2D eigenvalue weighted by atomic mass is 10.0. The van der Waals surface area contributed by atoms with E-state index in [0.717, 1.165) is 0 Å². The van der Waals surface area contributed by atoms with Gasteiger partial charge in [-0.1, -0.05) is 18.7 Å². The van der Waals surface area contributed by atoms with Gasteiger partial charge in [0.15, 0.2) is 11.3 Å². The first-order chi connectivity index (χ1) is 12.3. The summed E-state index contributed by atoms with van der Waals surface area (Å²) in [7, 11) is 1.45. The SMILES string of the molecule is C=C(C)[C@H](O)CCC(=C)[C@H](O)COc1ccc2ccc(=O)oc2c1OC. The maximum atomic E-state index is 11.5. The summed E-state index contributed by atoms with van der Waals surface area (Å²) >= 11 is 0. The maximum absolute atomic E-state index is 11.5. The first kappa shape index (κ1) is 19.8. The van der Waals surface area contributed by atoms with Gasteiger partial charge < -0.3 is 24.1 Å². The number of hydrogen-bond acceptors (Lipinski definition) is 6. The number of ether oxygens (including phenoxy) is 2. The van der Waals surface area contributed by atoms with E-state index in [9.17, 15) is 15.0 Å². The first-order valence-corrected chi connectivity index (χ1v) is 8.26. The fraction of sp³-hybridized carbons (Fsp3) is 0.350. The quantitative estimate of drug-likeness (QED) is 0.528. The second-order valence-corrected chi connectivity index (χ2v) is 6.16. The molecule has 1 aromatic carbocycles. The van der Waals surface area contributed by atoms with Crippen LogP contribution in [0.4, 0.5) is 0 Å². The molecule has 140 valence electrons. The third-order valence-electron chi connectivity index (χ3n) is 4.09. The van der Waals surface area contributed by atoms with E-state index in [0.29, 0.717) is 35.1 Å². The lowest BCUT2D eigenvalue weighted by Crippen LogP contribution is -2.21. The molecule has 6 nitrogen and oxygen atoms in total. The molecule has 0 unspecified atom stereocenters. The zero-order valence-electron chi connectivity index (χ0n) is 15.0. The third kappa shape index (κ3) is 4.74. The Morgan fingerprint density at radius 2 is 1.88 bits per heavy atom. The average Bonchev–Trinajstić information content (AvgIpc) is 2.62. The van der Waals surface area contributed by atoms with Crippen LogP contribution in [0.5, 0.6) is 11.5 Å². The van der Waals surface area contributed by atoms with Crippen molar-refractivity contribution in [1.29, 1.82) is 0 Å². The van der Waals surface area contributed by atoms with Crippen LogP contribution in [0.15, 0.2) is 57.8 Å². The van der Waals surface area contributed by atoms with Gasteiger partial charge in [0, 0.05) is 11.5 Å². The first-order valence-electron chi connectivity index (χ1n) is 8.26. The Morgan fingerprint density at radius 1 is 1.19 bits per heavy atom. The summed E-state index contributed by atoms with van der Waals surface area (Å²) in [6.07, 6.45) is -0.642. The Hall–Kier alpha value is -2.57. The predicted molar refractivity (Wildman–Crippen MR) is 99.7 cm³/mol. The van der Waals surface area contributed by atoms with Gasteiger partial charge in [0.25, 0.3) is 0 Å². The minimum absolute atomic E-state index is 0.0407. The van der Waals surface area contributed by atoms with Crippen molar-refractivity contribution in [3.05, 3.63) is 59.0 Å². The number of aliphatic hydroxyl groups excluding tert-OH is 2. The van der Waals surface area contributed by atoms with Crippen molar-refractivity contribution in [2.24, 2.45) is 0 Å². The molecule has 0 saturated carbocycles. The summed E-state index contributed by atoms with van der Waals surface area (Å²) in [6.45, 7) is 9.24. The molecule has 1 heterocycles. The zero-order valence-corrected chi connectivity index (χ0v) is 15.0. The maximum Gasteiger partial charge on any atom is 0.336 e. The lowest BCUT2D eigenvalue weighted by Gasteiger charge is -2.18. The van der Waals surface area contributed by atoms with E-state index in [1.54, 1.807) is 25.1 Å². The minimum atomic E-state index is -0.907. The highest BCUT2D eigenvalue weighted by molar-refractivity contribution is 5.85. The van der Waals surface area contributed by atoms with Crippen LogP contribution < -0.4 is 15.1 Å². The molecule has 0 fully saturated rings. The number of aliphatic hydroxyl groups is 2. The van der Waals surface area contributed by atoms with E-state index in [1.807, 2.05) is 0 Å². The van der Waals surface area contributed by atoms with Crippen molar-refractivity contribution >= 4 is 11.0 Å². The summed E-state index contributed by atoms with van der Waals surface area (Å²) in [5, 5.41) is 20.7. The molecule has 26 heavy (non-hydrogen) atoms. The largest absolute Gasteiger partial charge is 0.490 e. The van der Waals surface area contributed by atoms with Crippen LogP contribution in [0, 0.1) is 0 Å². The highest BCUT2D eigenvalue weighted by atomic mass is 16.5. The molecule has 0 aliphatic carbocycles. The Morgan fingerprint density at radius 3 is 2.54 bits per heavy atom. The standard InChI is InChI=1S/C20H24O6/c1-12(2)15(21)8-5-13(3)16(22)11-25-17-9-6-14-7-10-18(23)26-19(14)20(17)24-4/h6-7,9-10,15-16,21-22H,1,3,5,8,11H2,2,4H3/t15-,16-/m1/s1. The molecule has 0 bridgehead atoms. The lowest BCUT2D eigenvalue weighted by molar-refractivity contribution is 0.127. The van der Waals surface area contributed by atoms with Gasteiger partial charge in [-0.25, -0.2) is 4.79 Å². The van der Waals surface area contributed by atoms with Gasteiger partial charge in [-0.2, -0.15) is 0 Å². The van der Waals surface area contributed by atoms with Gasteiger partial charge in [-0.3, -0.25) is 0 Å². The van der Waals surface area contributed by atoms with Crippen LogP contribution in [-0.2, 0) is 0 Å². The van der Waals surface area contributed by atoms with Crippen molar-refractivity contribution < 1.29 is 24.1 Å². The van der Waals surface area contributed by atoms with E-state index in [1.165, 1.54) is 13.2 Å². The van der Waals surface area contributed by atoms with Crippen molar-refractivity contribution in [2.75, 3.05) is 13.7 Å². The molecular formula is C20H24O6. The number of rotatable bonds is 9. The predicted octanol–water partition coefficient (Wildman–Crippen LogP) is 2.81. The molecular weight excluding hydrogens is 336 g/mol. The molecule has 6 heteroatoms. The van der Waals surface area contributed by atoms with Crippen LogP contribution in [0.25, 0.3) is 11.0 Å². The minimum Gasteiger partial charge on any atom is -0.490 e. The summed E-state index contributed by atoms with van der Waals surface area (Å²) in [5.74, 6) is 0.638. The Balaban J connectivity index is 2.05. The number of methoxy groups -OCH3 is 1. The van der Waals surface area contributed by atoms with Crippen LogP contribution >= 0.6 is 0 Å². The summed E-state index contributed by atoms with van der Waals surface area (Å²) in [6, 6.07) is 6.38. The van der Waals surface area contributed by atoms with Crippen molar-refractivity contribution in [2.45, 2.75) is 32.0 Å². The fourth-order valence-corrected chi connectivity index (χ4v) is 2.42. The smallest absolute Gasteiger partial charge is 0.336 e. The Bertz CT molecular complexity index is 851. The number of fused-ring (bicyclic) bond motifs is 1. The summed E-state index contributed by atoms with van der Waals surface area (Å²) in [5.41, 5.74) is 1.02. The van der Waals surface area contributed by atoms with Crippen molar-refractivity contribution in [3.63, 3.8) is 0 Å². The van der Waals surface area contributed by atoms with Crippen LogP contribution in [0.1, 0.15) is 19.8 Å². The highest BCUT2D eigenvalue weighted by Crippen LogP contribution is 2.35. The van der Waals surface area contributed by atoms with Crippen LogP contribution in [0.2, 0.25) is 0 Å². The monoisotopic (exact) mass is 360 g/mol. The molecule has 2 N–H and O–H groups in total. The molecule has 0 amide bonds. The molecule has 2 rings (SSSR count). The van der Waals surface area contributed by atoms with Crippen molar-refractivity contribution in [3.8, 4) is 11.5 Å². The van der Waals surface area contributed by atoms with Crippen LogP contribution in [0.3, 0.4) is 0 Å². The van der Waals surface area contributed by atoms with E-state index in [-0.39, 0.29) is 17.9 Å². The van der Waals surface area contributed by atoms with Crippen molar-refractivity contribution in [1.82, 2.24) is 0 Å².